The van der Waals surface area contributed by atoms with E-state index in [9.17, 15) is 14.4 Å². The van der Waals surface area contributed by atoms with Crippen molar-refractivity contribution < 1.29 is 24.1 Å². The summed E-state index contributed by atoms with van der Waals surface area (Å²) in [4.78, 5) is 11.9. The number of anilines is 1. The van der Waals surface area contributed by atoms with Crippen molar-refractivity contribution in [2.45, 2.75) is 25.4 Å². The van der Waals surface area contributed by atoms with Gasteiger partial charge in [0, 0.05) is 6.54 Å². The van der Waals surface area contributed by atoms with Gasteiger partial charge in [-0.05, 0) is 46.9 Å². The molecule has 2 atom stereocenters. The minimum atomic E-state index is -0.708. The number of nitrogens with one attached hydrogen (secondary N) is 3. The number of carbonyl (C=O) groups excluding carboxylic acids is 1. The third-order valence-corrected chi connectivity index (χ3v) is 4.19. The molecule has 11 heteroatoms. The largest absolute Gasteiger partial charge is 0.409 e. The van der Waals surface area contributed by atoms with E-state index in [0.29, 0.717) is 6.42 Å². The lowest BCUT2D eigenvalue weighted by Crippen LogP contribution is -2.40. The fraction of sp³-hybridized carbons (Fsp3) is 0.375. The maximum atomic E-state index is 13.4. The molecule has 1 aromatic heterocycles. The highest BCUT2D eigenvalue weighted by Crippen LogP contribution is 2.33. The van der Waals surface area contributed by atoms with Gasteiger partial charge in [-0.1, -0.05) is 11.2 Å². The molecule has 0 aliphatic heterocycles. The number of carbonyl (C=O) groups is 1. The van der Waals surface area contributed by atoms with Crippen molar-refractivity contribution in [2.24, 2.45) is 5.16 Å². The van der Waals surface area contributed by atoms with E-state index in [1.54, 1.807) is 13.0 Å². The molecule has 1 aromatic carbocycles. The molecule has 5 N–H and O–H groups in total. The van der Waals surface area contributed by atoms with Crippen molar-refractivity contribution in [3.63, 3.8) is 0 Å². The maximum Gasteiger partial charge on any atom is 0.242 e. The maximum absolute atomic E-state index is 13.4. The van der Waals surface area contributed by atoms with E-state index in [-0.39, 0.29) is 48.3 Å². The van der Waals surface area contributed by atoms with E-state index in [4.69, 9.17) is 5.11 Å². The minimum absolute atomic E-state index is 0.0263. The molecule has 1 aliphatic carbocycles. The van der Waals surface area contributed by atoms with Crippen molar-refractivity contribution in [3.05, 3.63) is 40.8 Å². The number of rotatable bonds is 7. The third kappa shape index (κ3) is 3.97. The number of nitrogens with zero attached hydrogens (tertiary/aromatic N) is 3. The third-order valence-electron chi connectivity index (χ3n) is 4.19. The molecule has 144 valence electrons. The molecule has 0 fully saturated rings. The molecule has 2 aromatic rings. The highest BCUT2D eigenvalue weighted by atomic mass is 19.1. The Morgan fingerprint density at radius 2 is 2.30 bits per heavy atom. The molecule has 0 bridgehead atoms. The van der Waals surface area contributed by atoms with Gasteiger partial charge >= 0.3 is 0 Å². The first-order valence-electron chi connectivity index (χ1n) is 8.28. The van der Waals surface area contributed by atoms with Gasteiger partial charge in [-0.3, -0.25) is 4.79 Å². The highest BCUT2D eigenvalue weighted by Gasteiger charge is 2.30. The molecule has 1 aliphatic rings. The van der Waals surface area contributed by atoms with E-state index < -0.39 is 6.04 Å². The summed E-state index contributed by atoms with van der Waals surface area (Å²) in [7, 11) is 0. The minimum Gasteiger partial charge on any atom is -0.409 e. The van der Waals surface area contributed by atoms with Crippen LogP contribution in [0.2, 0.25) is 0 Å². The molecule has 0 spiro atoms. The first kappa shape index (κ1) is 18.6. The van der Waals surface area contributed by atoms with Gasteiger partial charge in [-0.15, -0.1) is 0 Å². The van der Waals surface area contributed by atoms with Crippen LogP contribution in [0, 0.1) is 5.82 Å². The Balaban J connectivity index is 1.69. The first-order chi connectivity index (χ1) is 13.0. The summed E-state index contributed by atoms with van der Waals surface area (Å²) < 4.78 is 18.1. The number of benzene rings is 1. The van der Waals surface area contributed by atoms with Crippen LogP contribution in [0.3, 0.4) is 0 Å². The Bertz CT molecular complexity index is 855. The highest BCUT2D eigenvalue weighted by molar-refractivity contribution is 6.01. The van der Waals surface area contributed by atoms with Crippen LogP contribution in [0.25, 0.3) is 0 Å². The molecule has 10 nitrogen and oxygen atoms in total. The number of amides is 1. The molecule has 0 radical (unpaired) electrons. The second-order valence-electron chi connectivity index (χ2n) is 6.03. The summed E-state index contributed by atoms with van der Waals surface area (Å²) in [6.45, 7) is 1.53. The number of fused-ring (bicyclic) bond motifs is 1. The molecule has 1 unspecified atom stereocenters. The van der Waals surface area contributed by atoms with Gasteiger partial charge in [-0.25, -0.2) is 9.02 Å². The summed E-state index contributed by atoms with van der Waals surface area (Å²) in [5.74, 6) is -0.643. The Labute approximate surface area is 153 Å². The van der Waals surface area contributed by atoms with Crippen LogP contribution in [0.15, 0.2) is 28.0 Å². The molecule has 0 saturated carbocycles. The Morgan fingerprint density at radius 3 is 3.04 bits per heavy atom. The lowest BCUT2D eigenvalue weighted by molar-refractivity contribution is -0.121. The number of hydrogen-bond donors (Lipinski definition) is 5. The van der Waals surface area contributed by atoms with Gasteiger partial charge in [0.1, 0.15) is 11.9 Å². The molecule has 3 rings (SSSR count). The number of aliphatic hydroxyl groups excluding tert-OH is 1. The number of oxime groups is 1. The Morgan fingerprint density at radius 1 is 1.48 bits per heavy atom. The topological polar surface area (TPSA) is 145 Å². The monoisotopic (exact) mass is 378 g/mol. The molecular weight excluding hydrogens is 359 g/mol. The molecule has 27 heavy (non-hydrogen) atoms. The van der Waals surface area contributed by atoms with E-state index >= 15 is 0 Å². The summed E-state index contributed by atoms with van der Waals surface area (Å²) >= 11 is 0. The van der Waals surface area contributed by atoms with Crippen LogP contribution in [0.4, 0.5) is 10.2 Å². The SMILES string of the molecule is C[C@@H](Nc1nonc1/C(=N/O)NC1Cc2ccc(F)cc21)C(=O)NCCO. The van der Waals surface area contributed by atoms with Gasteiger partial charge in [0.2, 0.25) is 11.7 Å². The van der Waals surface area contributed by atoms with Gasteiger partial charge in [0.25, 0.3) is 0 Å². The summed E-state index contributed by atoms with van der Waals surface area (Å²) in [5.41, 5.74) is 1.83. The summed E-state index contributed by atoms with van der Waals surface area (Å²) in [6, 6.07) is 3.55. The number of halogens is 1. The molecular formula is C16H19FN6O4. The number of amidine groups is 1. The van der Waals surface area contributed by atoms with E-state index in [0.717, 1.165) is 11.1 Å². The molecule has 1 amide bonds. The standard InChI is InChI=1S/C16H19FN6O4/c1-8(16(25)18-4-5-24)19-15-13(22-27-23-15)14(21-26)20-12-6-9-2-3-10(17)7-11(9)12/h2-3,7-8,12,24,26H,4-6H2,1H3,(H,18,25)(H,19,23)(H,20,21)/t8-,12?/m1/s1. The zero-order valence-electron chi connectivity index (χ0n) is 14.4. The van der Waals surface area contributed by atoms with E-state index in [2.05, 4.69) is 36.0 Å². The second-order valence-corrected chi connectivity index (χ2v) is 6.03. The van der Waals surface area contributed by atoms with Gasteiger partial charge in [0.15, 0.2) is 11.5 Å². The van der Waals surface area contributed by atoms with E-state index in [1.807, 2.05) is 0 Å². The van der Waals surface area contributed by atoms with Crippen LogP contribution < -0.4 is 16.0 Å². The zero-order chi connectivity index (χ0) is 19.4. The second kappa shape index (κ2) is 7.99. The number of aliphatic hydroxyl groups is 1. The zero-order valence-corrected chi connectivity index (χ0v) is 14.4. The van der Waals surface area contributed by atoms with Crippen LogP contribution >= 0.6 is 0 Å². The van der Waals surface area contributed by atoms with Crippen molar-refractivity contribution in [1.82, 2.24) is 20.9 Å². The summed E-state index contributed by atoms with van der Waals surface area (Å²) in [5, 5.41) is 37.0. The smallest absolute Gasteiger partial charge is 0.242 e. The van der Waals surface area contributed by atoms with Crippen LogP contribution in [-0.4, -0.2) is 51.6 Å². The summed E-state index contributed by atoms with van der Waals surface area (Å²) in [6.07, 6.45) is 0.628. The van der Waals surface area contributed by atoms with Gasteiger partial charge in [-0.2, -0.15) is 0 Å². The Hall–Kier alpha value is -3.21. The lowest BCUT2D eigenvalue weighted by atomic mass is 9.83. The molecule has 1 heterocycles. The van der Waals surface area contributed by atoms with Crippen LogP contribution in [-0.2, 0) is 11.2 Å². The van der Waals surface area contributed by atoms with Crippen molar-refractivity contribution >= 4 is 17.6 Å². The van der Waals surface area contributed by atoms with Gasteiger partial charge in [0.05, 0.1) is 12.6 Å². The Kier molecular flexibility index (Phi) is 5.50. The van der Waals surface area contributed by atoms with E-state index in [1.165, 1.54) is 12.1 Å². The number of hydrogen-bond acceptors (Lipinski definition) is 8. The lowest BCUT2D eigenvalue weighted by Gasteiger charge is -2.31. The van der Waals surface area contributed by atoms with Crippen molar-refractivity contribution in [3.8, 4) is 0 Å². The average Bonchev–Trinajstić information content (AvgIpc) is 3.10. The predicted molar refractivity (Wildman–Crippen MR) is 91.8 cm³/mol. The van der Waals surface area contributed by atoms with Crippen LogP contribution in [0.1, 0.15) is 29.8 Å². The first-order valence-corrected chi connectivity index (χ1v) is 8.28. The van der Waals surface area contributed by atoms with Crippen LogP contribution in [0.5, 0.6) is 0 Å². The fourth-order valence-electron chi connectivity index (χ4n) is 2.75. The van der Waals surface area contributed by atoms with Crippen molar-refractivity contribution in [2.75, 3.05) is 18.5 Å². The normalized spacial score (nSPS) is 16.9. The number of aromatic nitrogens is 2. The quantitative estimate of drug-likeness (QED) is 0.198. The fourth-order valence-corrected chi connectivity index (χ4v) is 2.75. The van der Waals surface area contributed by atoms with Crippen molar-refractivity contribution in [1.29, 1.82) is 0 Å². The predicted octanol–water partition coefficient (Wildman–Crippen LogP) is 0.140. The average molecular weight is 378 g/mol. The van der Waals surface area contributed by atoms with Gasteiger partial charge < -0.3 is 26.3 Å². The molecule has 0 saturated heterocycles.